The molecule has 0 bridgehead atoms. The number of piperidine rings is 1. The van der Waals surface area contributed by atoms with Crippen LogP contribution in [0.5, 0.6) is 0 Å². The summed E-state index contributed by atoms with van der Waals surface area (Å²) < 4.78 is 4.62. The molecule has 1 amide bonds. The lowest BCUT2D eigenvalue weighted by Crippen LogP contribution is -2.39. The molecule has 1 fully saturated rings. The molecule has 13 heavy (non-hydrogen) atoms. The van der Waals surface area contributed by atoms with Gasteiger partial charge in [-0.2, -0.15) is 5.26 Å². The van der Waals surface area contributed by atoms with E-state index in [1.54, 1.807) is 4.90 Å². The first-order valence-corrected chi connectivity index (χ1v) is 4.47. The minimum atomic E-state index is -0.275. The Bertz CT molecular complexity index is 222. The summed E-state index contributed by atoms with van der Waals surface area (Å²) in [6, 6.07) is 2.14. The summed E-state index contributed by atoms with van der Waals surface area (Å²) in [5, 5.41) is 8.52. The molecular formula is C9H14N2O2. The molecule has 0 radical (unpaired) electrons. The quantitative estimate of drug-likeness (QED) is 0.615. The molecule has 1 aliphatic heterocycles. The van der Waals surface area contributed by atoms with Crippen molar-refractivity contribution in [2.75, 3.05) is 20.2 Å². The molecule has 1 heterocycles. The number of carbonyl (C=O) groups is 1. The van der Waals surface area contributed by atoms with E-state index < -0.39 is 0 Å². The van der Waals surface area contributed by atoms with Crippen molar-refractivity contribution in [1.29, 1.82) is 5.26 Å². The molecule has 1 unspecified atom stereocenters. The van der Waals surface area contributed by atoms with Gasteiger partial charge in [0.2, 0.25) is 0 Å². The molecule has 4 nitrogen and oxygen atoms in total. The van der Waals surface area contributed by atoms with Crippen LogP contribution < -0.4 is 0 Å². The number of carbonyl (C=O) groups excluding carboxylic acids is 1. The number of nitriles is 1. The highest BCUT2D eigenvalue weighted by molar-refractivity contribution is 5.67. The molecule has 0 saturated carbocycles. The summed E-state index contributed by atoms with van der Waals surface area (Å²) in [7, 11) is 1.39. The zero-order chi connectivity index (χ0) is 9.68. The van der Waals surface area contributed by atoms with E-state index in [1.807, 2.05) is 0 Å². The number of amides is 1. The lowest BCUT2D eigenvalue weighted by Gasteiger charge is -2.30. The first-order valence-electron chi connectivity index (χ1n) is 4.47. The number of ether oxygens (including phenoxy) is 1. The maximum absolute atomic E-state index is 11.1. The molecule has 1 rings (SSSR count). The first-order chi connectivity index (χ1) is 6.27. The van der Waals surface area contributed by atoms with Crippen molar-refractivity contribution in [2.24, 2.45) is 5.92 Å². The van der Waals surface area contributed by atoms with Crippen molar-refractivity contribution in [1.82, 2.24) is 4.90 Å². The fraction of sp³-hybridized carbons (Fsp3) is 0.778. The lowest BCUT2D eigenvalue weighted by atomic mass is 9.96. The van der Waals surface area contributed by atoms with E-state index in [2.05, 4.69) is 10.8 Å². The highest BCUT2D eigenvalue weighted by atomic mass is 16.5. The molecule has 0 aromatic carbocycles. The highest BCUT2D eigenvalue weighted by Gasteiger charge is 2.23. The van der Waals surface area contributed by atoms with E-state index in [0.717, 1.165) is 19.4 Å². The van der Waals surface area contributed by atoms with Gasteiger partial charge < -0.3 is 9.64 Å². The Labute approximate surface area is 78.1 Å². The minimum absolute atomic E-state index is 0.275. The molecular weight excluding hydrogens is 168 g/mol. The number of likely N-dealkylation sites (tertiary alicyclic amines) is 1. The van der Waals surface area contributed by atoms with Gasteiger partial charge in [-0.25, -0.2) is 4.79 Å². The van der Waals surface area contributed by atoms with Crippen molar-refractivity contribution in [3.63, 3.8) is 0 Å². The molecule has 1 aliphatic rings. The number of hydrogen-bond acceptors (Lipinski definition) is 3. The van der Waals surface area contributed by atoms with Gasteiger partial charge in [-0.3, -0.25) is 0 Å². The van der Waals surface area contributed by atoms with E-state index in [1.165, 1.54) is 7.11 Å². The predicted octanol–water partition coefficient (Wildman–Crippen LogP) is 1.38. The Hall–Kier alpha value is -1.24. The van der Waals surface area contributed by atoms with Crippen LogP contribution in [0.2, 0.25) is 0 Å². The van der Waals surface area contributed by atoms with Gasteiger partial charge in [-0.05, 0) is 18.8 Å². The highest BCUT2D eigenvalue weighted by Crippen LogP contribution is 2.19. The van der Waals surface area contributed by atoms with Crippen LogP contribution in [0.1, 0.15) is 19.3 Å². The number of nitrogens with zero attached hydrogens (tertiary/aromatic N) is 2. The topological polar surface area (TPSA) is 53.3 Å². The Morgan fingerprint density at radius 3 is 3.15 bits per heavy atom. The van der Waals surface area contributed by atoms with Crippen molar-refractivity contribution in [3.05, 3.63) is 0 Å². The Balaban J connectivity index is 2.42. The third-order valence-electron chi connectivity index (χ3n) is 2.33. The average molecular weight is 182 g/mol. The molecule has 0 N–H and O–H groups in total. The smallest absolute Gasteiger partial charge is 0.409 e. The third kappa shape index (κ3) is 2.62. The first kappa shape index (κ1) is 9.85. The van der Waals surface area contributed by atoms with Gasteiger partial charge in [-0.1, -0.05) is 0 Å². The monoisotopic (exact) mass is 182 g/mol. The van der Waals surface area contributed by atoms with Crippen molar-refractivity contribution >= 4 is 6.09 Å². The normalized spacial score (nSPS) is 22.2. The van der Waals surface area contributed by atoms with Gasteiger partial charge in [0.1, 0.15) is 0 Å². The summed E-state index contributed by atoms with van der Waals surface area (Å²) in [6.07, 6.45) is 2.28. The average Bonchev–Trinajstić information content (AvgIpc) is 2.18. The van der Waals surface area contributed by atoms with Crippen LogP contribution in [0, 0.1) is 17.2 Å². The second-order valence-electron chi connectivity index (χ2n) is 3.29. The van der Waals surface area contributed by atoms with Gasteiger partial charge >= 0.3 is 6.09 Å². The number of hydrogen-bond donors (Lipinski definition) is 0. The maximum atomic E-state index is 11.1. The van der Waals surface area contributed by atoms with Crippen molar-refractivity contribution < 1.29 is 9.53 Å². The third-order valence-corrected chi connectivity index (χ3v) is 2.33. The van der Waals surface area contributed by atoms with Gasteiger partial charge in [0.15, 0.2) is 0 Å². The Kier molecular flexibility index (Phi) is 3.56. The van der Waals surface area contributed by atoms with Gasteiger partial charge in [0.05, 0.1) is 13.2 Å². The van der Waals surface area contributed by atoms with Crippen LogP contribution >= 0.6 is 0 Å². The largest absolute Gasteiger partial charge is 0.453 e. The number of methoxy groups -OCH3 is 1. The summed E-state index contributed by atoms with van der Waals surface area (Å²) in [6.45, 7) is 1.43. The van der Waals surface area contributed by atoms with Gasteiger partial charge in [0.25, 0.3) is 0 Å². The van der Waals surface area contributed by atoms with Gasteiger partial charge in [0, 0.05) is 19.5 Å². The van der Waals surface area contributed by atoms with Crippen LogP contribution in [0.25, 0.3) is 0 Å². The molecule has 1 atom stereocenters. The summed E-state index contributed by atoms with van der Waals surface area (Å²) >= 11 is 0. The minimum Gasteiger partial charge on any atom is -0.453 e. The van der Waals surface area contributed by atoms with Crippen LogP contribution in [0.15, 0.2) is 0 Å². The van der Waals surface area contributed by atoms with E-state index in [0.29, 0.717) is 18.9 Å². The predicted molar refractivity (Wildman–Crippen MR) is 46.9 cm³/mol. The van der Waals surface area contributed by atoms with Crippen molar-refractivity contribution in [2.45, 2.75) is 19.3 Å². The fourth-order valence-corrected chi connectivity index (χ4v) is 1.66. The Morgan fingerprint density at radius 2 is 2.54 bits per heavy atom. The molecule has 4 heteroatoms. The van der Waals surface area contributed by atoms with Crippen LogP contribution in [0.3, 0.4) is 0 Å². The van der Waals surface area contributed by atoms with Gasteiger partial charge in [-0.15, -0.1) is 0 Å². The van der Waals surface area contributed by atoms with E-state index >= 15 is 0 Å². The fourth-order valence-electron chi connectivity index (χ4n) is 1.66. The second-order valence-corrected chi connectivity index (χ2v) is 3.29. The number of rotatable bonds is 1. The SMILES string of the molecule is COC(=O)N1CCCC(CC#N)C1. The van der Waals surface area contributed by atoms with E-state index in [9.17, 15) is 4.79 Å². The summed E-state index contributed by atoms with van der Waals surface area (Å²) in [5.41, 5.74) is 0. The second kappa shape index (κ2) is 4.70. The molecule has 0 aromatic heterocycles. The molecule has 72 valence electrons. The van der Waals surface area contributed by atoms with Crippen molar-refractivity contribution in [3.8, 4) is 6.07 Å². The zero-order valence-electron chi connectivity index (χ0n) is 7.82. The van der Waals surface area contributed by atoms with E-state index in [-0.39, 0.29) is 6.09 Å². The molecule has 1 saturated heterocycles. The molecule has 0 spiro atoms. The molecule has 0 aromatic rings. The molecule has 0 aliphatic carbocycles. The lowest BCUT2D eigenvalue weighted by molar-refractivity contribution is 0.103. The standard InChI is InChI=1S/C9H14N2O2/c1-13-9(12)11-6-2-3-8(7-11)4-5-10/h8H,2-4,6-7H2,1H3. The summed E-state index contributed by atoms with van der Waals surface area (Å²) in [4.78, 5) is 12.8. The summed E-state index contributed by atoms with van der Waals surface area (Å²) in [5.74, 6) is 0.331. The maximum Gasteiger partial charge on any atom is 0.409 e. The van der Waals surface area contributed by atoms with Crippen LogP contribution in [-0.4, -0.2) is 31.2 Å². The van der Waals surface area contributed by atoms with E-state index in [4.69, 9.17) is 5.26 Å². The van der Waals surface area contributed by atoms with Crippen LogP contribution in [0.4, 0.5) is 4.79 Å². The zero-order valence-corrected chi connectivity index (χ0v) is 7.82. The van der Waals surface area contributed by atoms with Crippen LogP contribution in [-0.2, 0) is 4.74 Å². The Morgan fingerprint density at radius 1 is 1.77 bits per heavy atom.